The van der Waals surface area contributed by atoms with Gasteiger partial charge in [0.05, 0.1) is 0 Å². The van der Waals surface area contributed by atoms with Crippen molar-refractivity contribution in [2.75, 3.05) is 0 Å². The highest BCUT2D eigenvalue weighted by Crippen LogP contribution is 2.28. The van der Waals surface area contributed by atoms with Crippen molar-refractivity contribution in [3.63, 3.8) is 0 Å². The Hall–Kier alpha value is -2.35. The minimum absolute atomic E-state index is 0.202. The van der Waals surface area contributed by atoms with E-state index in [4.69, 9.17) is 0 Å². The molecule has 1 N–H and O–H groups in total. The number of aromatic nitrogens is 1. The van der Waals surface area contributed by atoms with Crippen LogP contribution in [0, 0.1) is 6.92 Å². The highest BCUT2D eigenvalue weighted by Gasteiger charge is 2.18. The molecule has 2 nitrogen and oxygen atoms in total. The molecule has 0 fully saturated rings. The van der Waals surface area contributed by atoms with Crippen molar-refractivity contribution in [1.29, 1.82) is 0 Å². The van der Waals surface area contributed by atoms with Gasteiger partial charge in [0, 0.05) is 28.6 Å². The molecule has 2 aromatic carbocycles. The molecule has 0 aliphatic carbocycles. The zero-order valence-electron chi connectivity index (χ0n) is 14.6. The number of fused-ring (bicyclic) bond motifs is 1. The van der Waals surface area contributed by atoms with Crippen molar-refractivity contribution in [2.24, 2.45) is 0 Å². The first kappa shape index (κ1) is 16.5. The van der Waals surface area contributed by atoms with Gasteiger partial charge in [0.25, 0.3) is 0 Å². The third-order valence-electron chi connectivity index (χ3n) is 4.63. The van der Waals surface area contributed by atoms with Gasteiger partial charge in [-0.3, -0.25) is 4.79 Å². The highest BCUT2D eigenvalue weighted by molar-refractivity contribution is 6.11. The summed E-state index contributed by atoms with van der Waals surface area (Å²) in [6.45, 7) is 4.23. The van der Waals surface area contributed by atoms with E-state index in [2.05, 4.69) is 30.1 Å². The van der Waals surface area contributed by atoms with E-state index in [0.29, 0.717) is 6.42 Å². The predicted molar refractivity (Wildman–Crippen MR) is 101 cm³/mol. The maximum absolute atomic E-state index is 13.0. The number of hydrogen-bond donors (Lipinski definition) is 1. The van der Waals surface area contributed by atoms with Crippen molar-refractivity contribution in [1.82, 2.24) is 4.98 Å². The van der Waals surface area contributed by atoms with Crippen LogP contribution in [0.3, 0.4) is 0 Å². The monoisotopic (exact) mass is 319 g/mol. The van der Waals surface area contributed by atoms with Gasteiger partial charge in [-0.1, -0.05) is 62.2 Å². The summed E-state index contributed by atoms with van der Waals surface area (Å²) in [5, 5.41) is 1.13. The Bertz CT molecular complexity index is 830. The van der Waals surface area contributed by atoms with E-state index in [0.717, 1.165) is 34.1 Å². The van der Waals surface area contributed by atoms with Crippen LogP contribution in [-0.4, -0.2) is 10.8 Å². The first-order valence-electron chi connectivity index (χ1n) is 8.88. The van der Waals surface area contributed by atoms with E-state index in [1.807, 2.05) is 37.3 Å². The molecule has 0 aliphatic rings. The van der Waals surface area contributed by atoms with Crippen LogP contribution >= 0.6 is 0 Å². The summed E-state index contributed by atoms with van der Waals surface area (Å²) in [6, 6.07) is 16.3. The van der Waals surface area contributed by atoms with Crippen molar-refractivity contribution in [2.45, 2.75) is 46.0 Å². The Kier molecular flexibility index (Phi) is 5.14. The predicted octanol–water partition coefficient (Wildman–Crippen LogP) is 5.63. The van der Waals surface area contributed by atoms with Crippen molar-refractivity contribution in [3.05, 3.63) is 70.9 Å². The fourth-order valence-electron chi connectivity index (χ4n) is 3.44. The molecule has 1 aromatic heterocycles. The minimum Gasteiger partial charge on any atom is -0.358 e. The molecular formula is C22H25NO. The van der Waals surface area contributed by atoms with Gasteiger partial charge in [-0.05, 0) is 37.0 Å². The Labute approximate surface area is 143 Å². The maximum Gasteiger partial charge on any atom is 0.169 e. The molecule has 0 aliphatic heterocycles. The largest absolute Gasteiger partial charge is 0.358 e. The lowest BCUT2D eigenvalue weighted by Gasteiger charge is -2.07. The van der Waals surface area contributed by atoms with Gasteiger partial charge in [0.2, 0.25) is 0 Å². The molecule has 0 saturated heterocycles. The summed E-state index contributed by atoms with van der Waals surface area (Å²) in [7, 11) is 0. The number of H-pyrrole nitrogens is 1. The number of nitrogens with one attached hydrogen (secondary N) is 1. The van der Waals surface area contributed by atoms with Crippen molar-refractivity contribution in [3.8, 4) is 0 Å². The zero-order valence-corrected chi connectivity index (χ0v) is 14.6. The van der Waals surface area contributed by atoms with Crippen LogP contribution in [0.1, 0.15) is 53.4 Å². The number of ketones is 1. The summed E-state index contributed by atoms with van der Waals surface area (Å²) < 4.78 is 0. The topological polar surface area (TPSA) is 32.9 Å². The van der Waals surface area contributed by atoms with E-state index in [9.17, 15) is 4.79 Å². The summed E-state index contributed by atoms with van der Waals surface area (Å²) in [4.78, 5) is 16.4. The lowest BCUT2D eigenvalue weighted by Crippen LogP contribution is -2.05. The second kappa shape index (κ2) is 7.48. The molecule has 0 radical (unpaired) electrons. The van der Waals surface area contributed by atoms with E-state index < -0.39 is 0 Å². The number of benzene rings is 2. The molecule has 0 unspecified atom stereocenters. The highest BCUT2D eigenvalue weighted by atomic mass is 16.1. The van der Waals surface area contributed by atoms with Crippen molar-refractivity contribution >= 4 is 16.7 Å². The fraction of sp³-hybridized carbons (Fsp3) is 0.318. The molecular weight excluding hydrogens is 294 g/mol. The van der Waals surface area contributed by atoms with E-state index in [1.54, 1.807) is 0 Å². The fourth-order valence-corrected chi connectivity index (χ4v) is 3.44. The van der Waals surface area contributed by atoms with Crippen LogP contribution < -0.4 is 0 Å². The molecule has 3 rings (SSSR count). The molecule has 0 spiro atoms. The third kappa shape index (κ3) is 3.43. The van der Waals surface area contributed by atoms with Crippen LogP contribution in [0.4, 0.5) is 0 Å². The number of unbranched alkanes of at least 4 members (excludes halogenated alkanes) is 2. The molecule has 0 saturated carbocycles. The Morgan fingerprint density at radius 3 is 2.54 bits per heavy atom. The maximum atomic E-state index is 13.0. The van der Waals surface area contributed by atoms with Gasteiger partial charge < -0.3 is 4.98 Å². The zero-order chi connectivity index (χ0) is 16.9. The standard InChI is InChI=1S/C22H25NO/c1-3-4-6-12-18-13-9-14-19-22(18)21(16(2)23-19)20(24)15-17-10-7-5-8-11-17/h5,7-11,13-14,23H,3-4,6,12,15H2,1-2H3. The van der Waals surface area contributed by atoms with Gasteiger partial charge in [-0.15, -0.1) is 0 Å². The number of aromatic amines is 1. The number of aryl methyl sites for hydroxylation is 2. The van der Waals surface area contributed by atoms with Gasteiger partial charge >= 0.3 is 0 Å². The van der Waals surface area contributed by atoms with E-state index in [1.165, 1.54) is 24.8 Å². The molecule has 3 aromatic rings. The SMILES string of the molecule is CCCCCc1cccc2[nH]c(C)c(C(=O)Cc3ccccc3)c12. The number of carbonyl (C=O) groups excluding carboxylic acids is 1. The average molecular weight is 319 g/mol. The number of rotatable bonds is 7. The quantitative estimate of drug-likeness (QED) is 0.444. The van der Waals surface area contributed by atoms with Gasteiger partial charge in [-0.25, -0.2) is 0 Å². The van der Waals surface area contributed by atoms with Crippen LogP contribution in [0.15, 0.2) is 48.5 Å². The molecule has 124 valence electrons. The lowest BCUT2D eigenvalue weighted by molar-refractivity contribution is 0.0994. The normalized spacial score (nSPS) is 11.1. The molecule has 0 amide bonds. The van der Waals surface area contributed by atoms with Crippen LogP contribution in [0.25, 0.3) is 10.9 Å². The van der Waals surface area contributed by atoms with E-state index in [-0.39, 0.29) is 5.78 Å². The van der Waals surface area contributed by atoms with Gasteiger partial charge in [0.1, 0.15) is 0 Å². The smallest absolute Gasteiger partial charge is 0.169 e. The van der Waals surface area contributed by atoms with Crippen LogP contribution in [0.2, 0.25) is 0 Å². The second-order valence-electron chi connectivity index (χ2n) is 6.51. The third-order valence-corrected chi connectivity index (χ3v) is 4.63. The summed E-state index contributed by atoms with van der Waals surface area (Å²) in [6.07, 6.45) is 5.10. The second-order valence-corrected chi connectivity index (χ2v) is 6.51. The Balaban J connectivity index is 1.97. The first-order chi connectivity index (χ1) is 11.7. The van der Waals surface area contributed by atoms with Gasteiger partial charge in [-0.2, -0.15) is 0 Å². The molecule has 24 heavy (non-hydrogen) atoms. The molecule has 2 heteroatoms. The first-order valence-corrected chi connectivity index (χ1v) is 8.88. The summed E-state index contributed by atoms with van der Waals surface area (Å²) >= 11 is 0. The molecule has 0 bridgehead atoms. The Morgan fingerprint density at radius 2 is 1.79 bits per heavy atom. The summed E-state index contributed by atoms with van der Waals surface area (Å²) in [5.41, 5.74) is 5.30. The van der Waals surface area contributed by atoms with Crippen LogP contribution in [-0.2, 0) is 12.8 Å². The number of hydrogen-bond acceptors (Lipinski definition) is 1. The Morgan fingerprint density at radius 1 is 1.00 bits per heavy atom. The van der Waals surface area contributed by atoms with Gasteiger partial charge in [0.15, 0.2) is 5.78 Å². The molecule has 0 atom stereocenters. The summed E-state index contributed by atoms with van der Waals surface area (Å²) in [5.74, 6) is 0.202. The average Bonchev–Trinajstić information content (AvgIpc) is 2.93. The number of carbonyl (C=O) groups is 1. The van der Waals surface area contributed by atoms with Crippen LogP contribution in [0.5, 0.6) is 0 Å². The number of Topliss-reactive ketones (excluding diaryl/α,β-unsaturated/α-hetero) is 1. The molecule has 1 heterocycles. The van der Waals surface area contributed by atoms with Crippen molar-refractivity contribution < 1.29 is 4.79 Å². The van der Waals surface area contributed by atoms with E-state index >= 15 is 0 Å². The minimum atomic E-state index is 0.202. The lowest BCUT2D eigenvalue weighted by atomic mass is 9.95.